The first-order valence-corrected chi connectivity index (χ1v) is 11.0. The Hall–Kier alpha value is -2.83. The van der Waals surface area contributed by atoms with Gasteiger partial charge < -0.3 is 10.2 Å². The summed E-state index contributed by atoms with van der Waals surface area (Å²) in [5.74, 6) is -0.345. The maximum Gasteiger partial charge on any atom is 0.132 e. The molecule has 158 valence electrons. The Morgan fingerprint density at radius 1 is 1.06 bits per heavy atom. The first-order chi connectivity index (χ1) is 15.2. The Morgan fingerprint density at radius 3 is 2.81 bits per heavy atom. The van der Waals surface area contributed by atoms with E-state index in [0.29, 0.717) is 22.8 Å². The third-order valence-corrected chi connectivity index (χ3v) is 5.99. The molecule has 0 amide bonds. The number of anilines is 1. The molecule has 5 rings (SSSR count). The highest BCUT2D eigenvalue weighted by Crippen LogP contribution is 2.28. The molecule has 0 spiro atoms. The molecule has 0 saturated carbocycles. The number of nitrogens with one attached hydrogen (secondary N) is 1. The average molecular weight is 436 g/mol. The molecule has 3 aromatic rings. The number of halogens is 2. The van der Waals surface area contributed by atoms with Crippen molar-refractivity contribution in [3.05, 3.63) is 70.8 Å². The number of benzene rings is 1. The fourth-order valence-corrected chi connectivity index (χ4v) is 4.34. The van der Waals surface area contributed by atoms with Crippen LogP contribution in [-0.2, 0) is 0 Å². The minimum atomic E-state index is -0.345. The molecule has 5 nitrogen and oxygen atoms in total. The highest BCUT2D eigenvalue weighted by atomic mass is 35.5. The quantitative estimate of drug-likeness (QED) is 0.603. The summed E-state index contributed by atoms with van der Waals surface area (Å²) in [4.78, 5) is 16.3. The first kappa shape index (κ1) is 20.1. The predicted molar refractivity (Wildman–Crippen MR) is 124 cm³/mol. The molecule has 1 fully saturated rings. The van der Waals surface area contributed by atoms with Gasteiger partial charge in [0.1, 0.15) is 5.82 Å². The molecular weight excluding hydrogens is 413 g/mol. The number of hydrogen-bond donors (Lipinski definition) is 1. The average Bonchev–Trinajstić information content (AvgIpc) is 3.47. The van der Waals surface area contributed by atoms with Crippen LogP contribution in [0, 0.1) is 5.82 Å². The first-order valence-electron chi connectivity index (χ1n) is 10.6. The van der Waals surface area contributed by atoms with Gasteiger partial charge in [-0.05, 0) is 62.3 Å². The van der Waals surface area contributed by atoms with Crippen LogP contribution >= 0.6 is 11.6 Å². The molecule has 4 heterocycles. The van der Waals surface area contributed by atoms with Crippen LogP contribution in [0.1, 0.15) is 24.1 Å². The lowest BCUT2D eigenvalue weighted by molar-refractivity contribution is 0.352. The Balaban J connectivity index is 1.38. The number of likely N-dealkylation sites (tertiary alicyclic amines) is 1. The van der Waals surface area contributed by atoms with Gasteiger partial charge in [0.15, 0.2) is 0 Å². The highest BCUT2D eigenvalue weighted by molar-refractivity contribution is 6.35. The molecule has 0 bridgehead atoms. The maximum atomic E-state index is 14.4. The van der Waals surface area contributed by atoms with E-state index >= 15 is 0 Å². The van der Waals surface area contributed by atoms with Crippen LogP contribution in [0.15, 0.2) is 53.7 Å². The van der Waals surface area contributed by atoms with Crippen molar-refractivity contribution in [2.45, 2.75) is 12.8 Å². The van der Waals surface area contributed by atoms with E-state index in [1.54, 1.807) is 6.07 Å². The van der Waals surface area contributed by atoms with E-state index in [-0.39, 0.29) is 5.82 Å². The molecule has 2 aliphatic rings. The second-order valence-corrected chi connectivity index (χ2v) is 8.30. The Bertz CT molecular complexity index is 1180. The number of allylic oxidation sites excluding steroid dienone is 1. The minimum absolute atomic E-state index is 0.345. The summed E-state index contributed by atoms with van der Waals surface area (Å²) in [6.07, 6.45) is 6.40. The lowest BCUT2D eigenvalue weighted by atomic mass is 10.00. The highest BCUT2D eigenvalue weighted by Gasteiger charge is 2.21. The van der Waals surface area contributed by atoms with Crippen molar-refractivity contribution in [3.63, 3.8) is 0 Å². The van der Waals surface area contributed by atoms with Crippen LogP contribution in [0.3, 0.4) is 0 Å². The van der Waals surface area contributed by atoms with E-state index in [0.717, 1.165) is 41.1 Å². The number of aliphatic imine (C=N–C) groups is 1. The Labute approximate surface area is 185 Å². The minimum Gasteiger partial charge on any atom is -0.382 e. The zero-order valence-electron chi connectivity index (χ0n) is 17.1. The van der Waals surface area contributed by atoms with Crippen molar-refractivity contribution in [1.82, 2.24) is 14.9 Å². The van der Waals surface area contributed by atoms with Crippen molar-refractivity contribution in [3.8, 4) is 0 Å². The van der Waals surface area contributed by atoms with E-state index in [1.807, 2.05) is 30.5 Å². The van der Waals surface area contributed by atoms with E-state index < -0.39 is 0 Å². The van der Waals surface area contributed by atoms with E-state index in [9.17, 15) is 4.39 Å². The second-order valence-electron chi connectivity index (χ2n) is 7.87. The van der Waals surface area contributed by atoms with Gasteiger partial charge in [-0.3, -0.25) is 9.98 Å². The molecule has 7 heteroatoms. The number of hydrogen-bond acceptors (Lipinski definition) is 5. The molecular formula is C24H23ClFN5. The Kier molecular flexibility index (Phi) is 5.66. The van der Waals surface area contributed by atoms with Gasteiger partial charge in [0.25, 0.3) is 0 Å². The Morgan fingerprint density at radius 2 is 1.94 bits per heavy atom. The van der Waals surface area contributed by atoms with Crippen molar-refractivity contribution >= 4 is 39.6 Å². The lowest BCUT2D eigenvalue weighted by Crippen LogP contribution is -2.25. The number of aromatic nitrogens is 2. The SMILES string of the molecule is Fc1ccc(Cl)cc1C1=NCC=C1c1ccc2ncc(NCCN3CCCC3)cc2n1. The lowest BCUT2D eigenvalue weighted by Gasteiger charge is -2.15. The van der Waals surface area contributed by atoms with Crippen molar-refractivity contribution in [2.75, 3.05) is 38.0 Å². The van der Waals surface area contributed by atoms with Gasteiger partial charge in [0.05, 0.1) is 40.9 Å². The smallest absolute Gasteiger partial charge is 0.132 e. The topological polar surface area (TPSA) is 53.4 Å². The van der Waals surface area contributed by atoms with Gasteiger partial charge >= 0.3 is 0 Å². The van der Waals surface area contributed by atoms with Crippen LogP contribution < -0.4 is 5.32 Å². The van der Waals surface area contributed by atoms with Crippen LogP contribution in [0.5, 0.6) is 0 Å². The fraction of sp³-hybridized carbons (Fsp3) is 0.292. The summed E-state index contributed by atoms with van der Waals surface area (Å²) >= 11 is 6.09. The summed E-state index contributed by atoms with van der Waals surface area (Å²) < 4.78 is 14.4. The molecule has 0 aliphatic carbocycles. The van der Waals surface area contributed by atoms with Gasteiger partial charge in [-0.2, -0.15) is 0 Å². The van der Waals surface area contributed by atoms with Crippen LogP contribution in [-0.4, -0.2) is 53.3 Å². The molecule has 31 heavy (non-hydrogen) atoms. The summed E-state index contributed by atoms with van der Waals surface area (Å²) in [7, 11) is 0. The van der Waals surface area contributed by atoms with Gasteiger partial charge in [-0.1, -0.05) is 17.7 Å². The zero-order chi connectivity index (χ0) is 21.2. The van der Waals surface area contributed by atoms with Crippen molar-refractivity contribution < 1.29 is 4.39 Å². The molecule has 1 saturated heterocycles. The largest absolute Gasteiger partial charge is 0.382 e. The normalized spacial score (nSPS) is 16.6. The number of nitrogens with zero attached hydrogens (tertiary/aromatic N) is 4. The molecule has 0 radical (unpaired) electrons. The predicted octanol–water partition coefficient (Wildman–Crippen LogP) is 4.82. The van der Waals surface area contributed by atoms with Gasteiger partial charge in [-0.25, -0.2) is 9.37 Å². The van der Waals surface area contributed by atoms with Crippen LogP contribution in [0.25, 0.3) is 16.6 Å². The molecule has 2 aromatic heterocycles. The van der Waals surface area contributed by atoms with Crippen LogP contribution in [0.4, 0.5) is 10.1 Å². The summed E-state index contributed by atoms with van der Waals surface area (Å²) in [6, 6.07) is 10.4. The third kappa shape index (κ3) is 4.31. The molecule has 0 atom stereocenters. The third-order valence-electron chi connectivity index (χ3n) is 5.75. The number of rotatable bonds is 6. The molecule has 0 unspecified atom stereocenters. The standard InChI is InChI=1S/C24H23ClFN5/c25-16-3-4-20(26)19(13-16)24-18(7-8-28-24)21-5-6-22-23(30-21)14-17(15-29-22)27-9-12-31-10-1-2-11-31/h3-7,13-15,27H,1-2,8-12H2. The van der Waals surface area contributed by atoms with Crippen LogP contribution in [0.2, 0.25) is 5.02 Å². The van der Waals surface area contributed by atoms with E-state index in [4.69, 9.17) is 16.6 Å². The zero-order valence-corrected chi connectivity index (χ0v) is 17.9. The van der Waals surface area contributed by atoms with Gasteiger partial charge in [-0.15, -0.1) is 0 Å². The van der Waals surface area contributed by atoms with Crippen molar-refractivity contribution in [2.24, 2.45) is 4.99 Å². The summed E-state index contributed by atoms with van der Waals surface area (Å²) in [6.45, 7) is 4.78. The molecule has 1 aromatic carbocycles. The van der Waals surface area contributed by atoms with Gasteiger partial charge in [0.2, 0.25) is 0 Å². The summed E-state index contributed by atoms with van der Waals surface area (Å²) in [5, 5.41) is 3.93. The summed E-state index contributed by atoms with van der Waals surface area (Å²) in [5.41, 5.74) is 5.11. The monoisotopic (exact) mass is 435 g/mol. The van der Waals surface area contributed by atoms with E-state index in [1.165, 1.54) is 38.1 Å². The molecule has 2 aliphatic heterocycles. The van der Waals surface area contributed by atoms with E-state index in [2.05, 4.69) is 20.2 Å². The van der Waals surface area contributed by atoms with Crippen molar-refractivity contribution in [1.29, 1.82) is 0 Å². The molecule has 1 N–H and O–H groups in total. The number of fused-ring (bicyclic) bond motifs is 1. The maximum absolute atomic E-state index is 14.4. The second kappa shape index (κ2) is 8.73. The fourth-order valence-electron chi connectivity index (χ4n) is 4.16. The number of pyridine rings is 2. The van der Waals surface area contributed by atoms with Gasteiger partial charge in [0, 0.05) is 29.2 Å².